The Morgan fingerprint density at radius 1 is 1.40 bits per heavy atom. The number of amides is 1. The zero-order chi connectivity index (χ0) is 15.4. The quantitative estimate of drug-likeness (QED) is 0.724. The van der Waals surface area contributed by atoms with Crippen LogP contribution in [0.1, 0.15) is 26.2 Å². The predicted octanol–water partition coefficient (Wildman–Crippen LogP) is 1.24. The fraction of sp³-hybridized carbons (Fsp3) is 0.833. The predicted molar refractivity (Wildman–Crippen MR) is 65.1 cm³/mol. The maximum atomic E-state index is 12.9. The maximum absolute atomic E-state index is 12.9. The molecule has 0 spiro atoms. The molecule has 1 rings (SSSR count). The van der Waals surface area contributed by atoms with Crippen LogP contribution in [0.25, 0.3) is 0 Å². The highest BCUT2D eigenvalue weighted by Crippen LogP contribution is 2.45. The fourth-order valence-corrected chi connectivity index (χ4v) is 2.21. The second kappa shape index (κ2) is 6.43. The van der Waals surface area contributed by atoms with Crippen molar-refractivity contribution in [1.82, 2.24) is 10.2 Å². The first-order valence-electron chi connectivity index (χ1n) is 6.52. The number of carbonyl (C=O) groups is 2. The molecule has 2 N–H and O–H groups in total. The molecule has 0 aromatic rings. The van der Waals surface area contributed by atoms with Crippen LogP contribution in [-0.4, -0.2) is 54.2 Å². The Balaban J connectivity index is 2.57. The van der Waals surface area contributed by atoms with Crippen molar-refractivity contribution < 1.29 is 27.9 Å². The lowest BCUT2D eigenvalue weighted by Crippen LogP contribution is -2.48. The molecular weight excluding hydrogens is 277 g/mol. The topological polar surface area (TPSA) is 69.6 Å². The minimum absolute atomic E-state index is 0.0486. The van der Waals surface area contributed by atoms with Crippen LogP contribution in [0.2, 0.25) is 0 Å². The summed E-state index contributed by atoms with van der Waals surface area (Å²) in [4.78, 5) is 23.7. The number of nitrogens with zero attached hydrogens (tertiary/aromatic N) is 1. The number of hydrogen-bond donors (Lipinski definition) is 2. The van der Waals surface area contributed by atoms with Crippen LogP contribution in [0.3, 0.4) is 0 Å². The average molecular weight is 296 g/mol. The van der Waals surface area contributed by atoms with Crippen LogP contribution < -0.4 is 5.32 Å². The van der Waals surface area contributed by atoms with E-state index in [0.29, 0.717) is 6.54 Å². The van der Waals surface area contributed by atoms with Crippen LogP contribution in [-0.2, 0) is 9.59 Å². The van der Waals surface area contributed by atoms with Gasteiger partial charge in [0.25, 0.3) is 0 Å². The SMILES string of the molecule is CCCCNC(=O)CN1CCC(C(=O)O)(C(F)(F)F)C1. The maximum Gasteiger partial charge on any atom is 0.406 e. The van der Waals surface area contributed by atoms with E-state index in [-0.39, 0.29) is 19.0 Å². The van der Waals surface area contributed by atoms with Crippen LogP contribution >= 0.6 is 0 Å². The first kappa shape index (κ1) is 16.7. The summed E-state index contributed by atoms with van der Waals surface area (Å²) >= 11 is 0. The molecule has 1 atom stereocenters. The number of likely N-dealkylation sites (tertiary alicyclic amines) is 1. The van der Waals surface area contributed by atoms with Gasteiger partial charge in [-0.25, -0.2) is 0 Å². The Labute approximate surface area is 115 Å². The molecule has 0 bridgehead atoms. The molecule has 0 aromatic heterocycles. The van der Waals surface area contributed by atoms with Gasteiger partial charge in [0.05, 0.1) is 6.54 Å². The molecule has 1 aliphatic heterocycles. The van der Waals surface area contributed by atoms with E-state index in [1.54, 1.807) is 0 Å². The normalized spacial score (nSPS) is 23.8. The lowest BCUT2D eigenvalue weighted by atomic mass is 9.86. The third-order valence-electron chi connectivity index (χ3n) is 3.52. The first-order valence-corrected chi connectivity index (χ1v) is 6.52. The highest BCUT2D eigenvalue weighted by Gasteiger charge is 2.63. The van der Waals surface area contributed by atoms with E-state index in [4.69, 9.17) is 5.11 Å². The summed E-state index contributed by atoms with van der Waals surface area (Å²) in [5.41, 5.74) is -2.75. The number of halogens is 3. The zero-order valence-corrected chi connectivity index (χ0v) is 11.3. The summed E-state index contributed by atoms with van der Waals surface area (Å²) in [6.45, 7) is 1.51. The van der Waals surface area contributed by atoms with E-state index < -0.39 is 30.5 Å². The minimum atomic E-state index is -4.81. The van der Waals surface area contributed by atoms with E-state index in [0.717, 1.165) is 12.8 Å². The van der Waals surface area contributed by atoms with Crippen LogP contribution in [0.15, 0.2) is 0 Å². The summed E-state index contributed by atoms with van der Waals surface area (Å²) in [6.07, 6.45) is -3.63. The van der Waals surface area contributed by atoms with Crippen molar-refractivity contribution in [2.75, 3.05) is 26.2 Å². The molecule has 1 aliphatic rings. The van der Waals surface area contributed by atoms with Gasteiger partial charge in [-0.1, -0.05) is 13.3 Å². The van der Waals surface area contributed by atoms with Crippen molar-refractivity contribution in [3.05, 3.63) is 0 Å². The van der Waals surface area contributed by atoms with Gasteiger partial charge in [-0.05, 0) is 12.8 Å². The standard InChI is InChI=1S/C12H19F3N2O3/c1-2-3-5-16-9(18)7-17-6-4-11(8-17,10(19)20)12(13,14)15/h2-8H2,1H3,(H,16,18)(H,19,20). The Hall–Kier alpha value is -1.31. The van der Waals surface area contributed by atoms with E-state index in [2.05, 4.69) is 5.32 Å². The molecule has 1 amide bonds. The fourth-order valence-electron chi connectivity index (χ4n) is 2.21. The summed E-state index contributed by atoms with van der Waals surface area (Å²) in [5, 5.41) is 11.5. The summed E-state index contributed by atoms with van der Waals surface area (Å²) in [6, 6.07) is 0. The summed E-state index contributed by atoms with van der Waals surface area (Å²) in [7, 11) is 0. The highest BCUT2D eigenvalue weighted by molar-refractivity contribution is 5.79. The van der Waals surface area contributed by atoms with Gasteiger partial charge >= 0.3 is 12.1 Å². The monoisotopic (exact) mass is 296 g/mol. The van der Waals surface area contributed by atoms with E-state index >= 15 is 0 Å². The second-order valence-electron chi connectivity index (χ2n) is 5.05. The number of carboxylic acids is 1. The molecule has 0 radical (unpaired) electrons. The largest absolute Gasteiger partial charge is 0.481 e. The smallest absolute Gasteiger partial charge is 0.406 e. The number of alkyl halides is 3. The van der Waals surface area contributed by atoms with Crippen molar-refractivity contribution in [3.8, 4) is 0 Å². The van der Waals surface area contributed by atoms with Gasteiger partial charge in [-0.15, -0.1) is 0 Å². The molecule has 5 nitrogen and oxygen atoms in total. The number of hydrogen-bond acceptors (Lipinski definition) is 3. The number of carboxylic acid groups (broad SMARTS) is 1. The van der Waals surface area contributed by atoms with E-state index in [1.807, 2.05) is 6.92 Å². The van der Waals surface area contributed by atoms with Crippen molar-refractivity contribution in [1.29, 1.82) is 0 Å². The minimum Gasteiger partial charge on any atom is -0.481 e. The highest BCUT2D eigenvalue weighted by atomic mass is 19.4. The Morgan fingerprint density at radius 3 is 2.50 bits per heavy atom. The summed E-state index contributed by atoms with van der Waals surface area (Å²) in [5.74, 6) is -2.25. The van der Waals surface area contributed by atoms with Gasteiger partial charge < -0.3 is 10.4 Å². The molecule has 0 aliphatic carbocycles. The molecule has 1 heterocycles. The average Bonchev–Trinajstić information content (AvgIpc) is 2.74. The lowest BCUT2D eigenvalue weighted by Gasteiger charge is -2.27. The van der Waals surface area contributed by atoms with E-state index in [1.165, 1.54) is 4.90 Å². The van der Waals surface area contributed by atoms with E-state index in [9.17, 15) is 22.8 Å². The van der Waals surface area contributed by atoms with Crippen molar-refractivity contribution in [2.24, 2.45) is 5.41 Å². The molecular formula is C12H19F3N2O3. The molecule has 0 saturated carbocycles. The van der Waals surface area contributed by atoms with Gasteiger partial charge in [0.1, 0.15) is 0 Å². The third kappa shape index (κ3) is 3.62. The molecule has 8 heteroatoms. The number of rotatable bonds is 6. The molecule has 116 valence electrons. The van der Waals surface area contributed by atoms with Gasteiger partial charge in [0.15, 0.2) is 5.41 Å². The molecule has 20 heavy (non-hydrogen) atoms. The Kier molecular flexibility index (Phi) is 5.38. The Morgan fingerprint density at radius 2 is 2.05 bits per heavy atom. The zero-order valence-electron chi connectivity index (χ0n) is 11.3. The van der Waals surface area contributed by atoms with Crippen molar-refractivity contribution >= 4 is 11.9 Å². The van der Waals surface area contributed by atoms with Gasteiger partial charge in [0.2, 0.25) is 5.91 Å². The molecule has 0 aromatic carbocycles. The van der Waals surface area contributed by atoms with Gasteiger partial charge in [0, 0.05) is 19.6 Å². The van der Waals surface area contributed by atoms with Crippen molar-refractivity contribution in [3.63, 3.8) is 0 Å². The number of nitrogens with one attached hydrogen (secondary N) is 1. The molecule has 1 fully saturated rings. The van der Waals surface area contributed by atoms with Gasteiger partial charge in [-0.2, -0.15) is 13.2 Å². The summed E-state index contributed by atoms with van der Waals surface area (Å²) < 4.78 is 38.8. The number of unbranched alkanes of at least 4 members (excludes halogenated alkanes) is 1. The molecule has 1 unspecified atom stereocenters. The van der Waals surface area contributed by atoms with Crippen LogP contribution in [0.5, 0.6) is 0 Å². The first-order chi connectivity index (χ1) is 9.23. The van der Waals surface area contributed by atoms with Crippen molar-refractivity contribution in [2.45, 2.75) is 32.4 Å². The number of aliphatic carboxylic acids is 1. The number of carbonyl (C=O) groups excluding carboxylic acids is 1. The Bertz CT molecular complexity index is 373. The second-order valence-corrected chi connectivity index (χ2v) is 5.05. The van der Waals surface area contributed by atoms with Crippen LogP contribution in [0.4, 0.5) is 13.2 Å². The van der Waals surface area contributed by atoms with Crippen LogP contribution in [0, 0.1) is 5.41 Å². The van der Waals surface area contributed by atoms with Gasteiger partial charge in [-0.3, -0.25) is 14.5 Å². The molecule has 1 saturated heterocycles. The third-order valence-corrected chi connectivity index (χ3v) is 3.52. The lowest BCUT2D eigenvalue weighted by molar-refractivity contribution is -0.227.